The fourth-order valence-electron chi connectivity index (χ4n) is 2.14. The van der Waals surface area contributed by atoms with Crippen LogP contribution in [0.15, 0.2) is 42.7 Å². The van der Waals surface area contributed by atoms with Crippen LogP contribution in [0.4, 0.5) is 5.69 Å². The number of hydrogen-bond acceptors (Lipinski definition) is 4. The molecule has 0 saturated heterocycles. The van der Waals surface area contributed by atoms with E-state index in [2.05, 4.69) is 20.5 Å². The van der Waals surface area contributed by atoms with Crippen molar-refractivity contribution in [1.82, 2.24) is 15.2 Å². The number of carbonyl (C=O) groups excluding carboxylic acids is 1. The number of aromatic amines is 1. The summed E-state index contributed by atoms with van der Waals surface area (Å²) in [7, 11) is 0. The topological polar surface area (TPSA) is 96.7 Å². The molecule has 6 nitrogen and oxygen atoms in total. The second kappa shape index (κ2) is 8.47. The average Bonchev–Trinajstić information content (AvgIpc) is 2.98. The molecule has 2 aromatic heterocycles. The number of nitrogens with zero attached hydrogens (tertiary/aromatic N) is 2. The van der Waals surface area contributed by atoms with E-state index < -0.39 is 0 Å². The lowest BCUT2D eigenvalue weighted by Gasteiger charge is -2.06. The van der Waals surface area contributed by atoms with E-state index in [0.29, 0.717) is 23.4 Å². The van der Waals surface area contributed by atoms with Crippen LogP contribution in [-0.2, 0) is 6.42 Å². The monoisotopic (exact) mass is 353 g/mol. The van der Waals surface area contributed by atoms with Gasteiger partial charge < -0.3 is 11.1 Å². The van der Waals surface area contributed by atoms with Gasteiger partial charge in [-0.2, -0.15) is 5.10 Å². The molecule has 0 atom stereocenters. The molecule has 0 bridgehead atoms. The maximum Gasteiger partial charge on any atom is 0.255 e. The highest BCUT2D eigenvalue weighted by Gasteiger charge is 2.09. The number of benzene rings is 1. The minimum Gasteiger partial charge on any atom is -0.330 e. The fraction of sp³-hybridized carbons (Fsp3) is 0.133. The molecule has 0 spiro atoms. The van der Waals surface area contributed by atoms with E-state index in [1.165, 1.54) is 0 Å². The highest BCUT2D eigenvalue weighted by Crippen LogP contribution is 2.19. The van der Waals surface area contributed by atoms with Gasteiger partial charge in [0, 0.05) is 11.8 Å². The summed E-state index contributed by atoms with van der Waals surface area (Å²) < 4.78 is 0. The summed E-state index contributed by atoms with van der Waals surface area (Å²) >= 11 is 0. The Morgan fingerprint density at radius 3 is 2.61 bits per heavy atom. The minimum atomic E-state index is -0.164. The number of nitrogens with two attached hydrogens (primary N) is 1. The Morgan fingerprint density at radius 2 is 1.91 bits per heavy atom. The molecule has 1 aromatic carbocycles. The zero-order valence-electron chi connectivity index (χ0n) is 12.2. The first-order valence-electron chi connectivity index (χ1n) is 6.66. The van der Waals surface area contributed by atoms with Crippen LogP contribution in [0.1, 0.15) is 15.9 Å². The number of halogens is 2. The molecule has 8 heteroatoms. The summed E-state index contributed by atoms with van der Waals surface area (Å²) in [6.45, 7) is 0.598. The number of H-pyrrole nitrogens is 1. The lowest BCUT2D eigenvalue weighted by atomic mass is 10.1. The fourth-order valence-corrected chi connectivity index (χ4v) is 2.14. The molecule has 0 aliphatic heterocycles. The first-order valence-corrected chi connectivity index (χ1v) is 6.66. The predicted octanol–water partition coefficient (Wildman–Crippen LogP) is 2.56. The van der Waals surface area contributed by atoms with Crippen LogP contribution in [-0.4, -0.2) is 27.6 Å². The molecular formula is C15H17Cl2N5O. The number of pyridine rings is 1. The highest BCUT2D eigenvalue weighted by atomic mass is 35.5. The first kappa shape index (κ1) is 18.9. The van der Waals surface area contributed by atoms with Gasteiger partial charge in [-0.15, -0.1) is 24.8 Å². The summed E-state index contributed by atoms with van der Waals surface area (Å²) in [6.07, 6.45) is 4.07. The largest absolute Gasteiger partial charge is 0.330 e. The molecule has 0 saturated carbocycles. The van der Waals surface area contributed by atoms with Crippen LogP contribution in [0, 0.1) is 0 Å². The first-order chi connectivity index (χ1) is 10.3. The quantitative estimate of drug-likeness (QED) is 0.671. The van der Waals surface area contributed by atoms with Gasteiger partial charge >= 0.3 is 0 Å². The van der Waals surface area contributed by atoms with Crippen LogP contribution in [0.5, 0.6) is 0 Å². The maximum absolute atomic E-state index is 12.3. The number of anilines is 1. The highest BCUT2D eigenvalue weighted by molar-refractivity contribution is 6.08. The standard InChI is InChI=1S/C15H15N5O.2ClH/c16-7-5-10-1-3-11(4-2-10)15(21)19-13-6-8-17-14-12(13)9-18-20-14;;/h1-4,6,8-9H,5,7,16H2,(H2,17,18,19,20,21);2*1H. The van der Waals surface area contributed by atoms with Crippen molar-refractivity contribution in [2.75, 3.05) is 11.9 Å². The zero-order chi connectivity index (χ0) is 14.7. The van der Waals surface area contributed by atoms with Crippen molar-refractivity contribution < 1.29 is 4.79 Å². The van der Waals surface area contributed by atoms with Gasteiger partial charge in [0.25, 0.3) is 5.91 Å². The third-order valence-corrected chi connectivity index (χ3v) is 3.25. The summed E-state index contributed by atoms with van der Waals surface area (Å²) in [5.74, 6) is -0.164. The SMILES string of the molecule is Cl.Cl.NCCc1ccc(C(=O)Nc2ccnc3[nH]ncc23)cc1. The van der Waals surface area contributed by atoms with Gasteiger partial charge in [0.2, 0.25) is 0 Å². The van der Waals surface area contributed by atoms with E-state index >= 15 is 0 Å². The Hall–Kier alpha value is -2.15. The normalized spacial score (nSPS) is 9.78. The molecule has 0 fully saturated rings. The van der Waals surface area contributed by atoms with Gasteiger partial charge in [-0.3, -0.25) is 9.89 Å². The lowest BCUT2D eigenvalue weighted by Crippen LogP contribution is -2.12. The van der Waals surface area contributed by atoms with Crippen molar-refractivity contribution in [2.24, 2.45) is 5.73 Å². The van der Waals surface area contributed by atoms with Gasteiger partial charge in [-0.05, 0) is 36.7 Å². The molecule has 3 aromatic rings. The molecule has 0 aliphatic rings. The second-order valence-electron chi connectivity index (χ2n) is 4.68. The molecule has 122 valence electrons. The Labute approximate surface area is 145 Å². The number of amides is 1. The van der Waals surface area contributed by atoms with Gasteiger partial charge in [-0.25, -0.2) is 4.98 Å². The van der Waals surface area contributed by atoms with Crippen molar-refractivity contribution in [3.05, 3.63) is 53.9 Å². The van der Waals surface area contributed by atoms with Gasteiger partial charge in [-0.1, -0.05) is 12.1 Å². The Balaban J connectivity index is 0.00000132. The van der Waals surface area contributed by atoms with Gasteiger partial charge in [0.05, 0.1) is 17.3 Å². The molecule has 4 N–H and O–H groups in total. The second-order valence-corrected chi connectivity index (χ2v) is 4.68. The van der Waals surface area contributed by atoms with E-state index in [9.17, 15) is 4.79 Å². The summed E-state index contributed by atoms with van der Waals surface area (Å²) in [6, 6.07) is 9.18. The van der Waals surface area contributed by atoms with E-state index in [1.54, 1.807) is 30.6 Å². The van der Waals surface area contributed by atoms with Gasteiger partial charge in [0.15, 0.2) is 5.65 Å². The molecule has 23 heavy (non-hydrogen) atoms. The van der Waals surface area contributed by atoms with E-state index in [-0.39, 0.29) is 30.7 Å². The van der Waals surface area contributed by atoms with Crippen molar-refractivity contribution in [1.29, 1.82) is 0 Å². The van der Waals surface area contributed by atoms with Crippen molar-refractivity contribution in [3.63, 3.8) is 0 Å². The Kier molecular flexibility index (Phi) is 6.96. The number of hydrogen-bond donors (Lipinski definition) is 3. The molecular weight excluding hydrogens is 337 g/mol. The molecule has 0 radical (unpaired) electrons. The summed E-state index contributed by atoms with van der Waals surface area (Å²) in [4.78, 5) is 16.4. The summed E-state index contributed by atoms with van der Waals surface area (Å²) in [5, 5.41) is 10.4. The van der Waals surface area contributed by atoms with Crippen LogP contribution < -0.4 is 11.1 Å². The summed E-state index contributed by atoms with van der Waals surface area (Å²) in [5.41, 5.74) is 8.56. The lowest BCUT2D eigenvalue weighted by molar-refractivity contribution is 0.102. The van der Waals surface area contributed by atoms with Crippen LogP contribution in [0.25, 0.3) is 11.0 Å². The van der Waals surface area contributed by atoms with Crippen LogP contribution in [0.2, 0.25) is 0 Å². The van der Waals surface area contributed by atoms with Crippen molar-refractivity contribution in [2.45, 2.75) is 6.42 Å². The molecule has 1 amide bonds. The molecule has 3 rings (SSSR count). The van der Waals surface area contributed by atoms with Crippen molar-refractivity contribution in [3.8, 4) is 0 Å². The maximum atomic E-state index is 12.3. The van der Waals surface area contributed by atoms with Gasteiger partial charge in [0.1, 0.15) is 0 Å². The number of aromatic nitrogens is 3. The number of rotatable bonds is 4. The predicted molar refractivity (Wildman–Crippen MR) is 95.5 cm³/mol. The Bertz CT molecular complexity index is 773. The number of nitrogens with one attached hydrogen (secondary N) is 2. The van der Waals surface area contributed by atoms with E-state index in [0.717, 1.165) is 17.4 Å². The van der Waals surface area contributed by atoms with Crippen molar-refractivity contribution >= 4 is 47.4 Å². The average molecular weight is 354 g/mol. The molecule has 0 aliphatic carbocycles. The van der Waals surface area contributed by atoms with E-state index in [4.69, 9.17) is 5.73 Å². The smallest absolute Gasteiger partial charge is 0.255 e. The third kappa shape index (κ3) is 4.19. The third-order valence-electron chi connectivity index (χ3n) is 3.25. The number of fused-ring (bicyclic) bond motifs is 1. The number of carbonyl (C=O) groups is 1. The van der Waals surface area contributed by atoms with E-state index in [1.807, 2.05) is 12.1 Å². The molecule has 0 unspecified atom stereocenters. The molecule has 2 heterocycles. The van der Waals surface area contributed by atoms with Crippen LogP contribution in [0.3, 0.4) is 0 Å². The Morgan fingerprint density at radius 1 is 1.17 bits per heavy atom. The minimum absolute atomic E-state index is 0. The van der Waals surface area contributed by atoms with Crippen LogP contribution >= 0.6 is 24.8 Å². The zero-order valence-corrected chi connectivity index (χ0v) is 13.8.